The molecule has 1 aromatic carbocycles. The molecule has 1 aromatic rings. The van der Waals surface area contributed by atoms with Crippen LogP contribution < -0.4 is 0 Å². The van der Waals surface area contributed by atoms with Crippen molar-refractivity contribution in [3.8, 4) is 0 Å². The molecule has 0 bridgehead atoms. The average Bonchev–Trinajstić information content (AvgIpc) is 2.12. The molecular weight excluding hydrogens is 207 g/mol. The van der Waals surface area contributed by atoms with Gasteiger partial charge in [-0.1, -0.05) is 6.07 Å². The molecular formula is C9H7FO3S. The van der Waals surface area contributed by atoms with Crippen LogP contribution in [-0.4, -0.2) is 20.0 Å². The molecule has 0 fully saturated rings. The molecule has 5 heteroatoms. The van der Waals surface area contributed by atoms with Gasteiger partial charge < -0.3 is 0 Å². The highest BCUT2D eigenvalue weighted by Crippen LogP contribution is 2.27. The smallest absolute Gasteiger partial charge is 0.182 e. The summed E-state index contributed by atoms with van der Waals surface area (Å²) in [5.74, 6) is -1.44. The Labute approximate surface area is 80.5 Å². The summed E-state index contributed by atoms with van der Waals surface area (Å²) in [6, 6.07) is 3.74. The maximum Gasteiger partial charge on any atom is 0.182 e. The Hall–Kier alpha value is -1.23. The van der Waals surface area contributed by atoms with Gasteiger partial charge >= 0.3 is 0 Å². The normalized spacial score (nSPS) is 19.1. The van der Waals surface area contributed by atoms with Gasteiger partial charge in [0.25, 0.3) is 0 Å². The first kappa shape index (κ1) is 9.33. The van der Waals surface area contributed by atoms with Gasteiger partial charge in [-0.25, -0.2) is 12.8 Å². The number of carbonyl (C=O) groups is 1. The molecule has 0 saturated carbocycles. The van der Waals surface area contributed by atoms with Crippen LogP contribution in [0.25, 0.3) is 0 Å². The van der Waals surface area contributed by atoms with E-state index in [2.05, 4.69) is 0 Å². The third kappa shape index (κ3) is 1.24. The number of carbonyl (C=O) groups excluding carboxylic acids is 1. The van der Waals surface area contributed by atoms with Crippen LogP contribution in [0.5, 0.6) is 0 Å². The van der Waals surface area contributed by atoms with Gasteiger partial charge in [-0.3, -0.25) is 4.79 Å². The Bertz CT molecular complexity index is 505. The van der Waals surface area contributed by atoms with Gasteiger partial charge in [-0.05, 0) is 12.1 Å². The Morgan fingerprint density at radius 3 is 2.64 bits per heavy atom. The largest absolute Gasteiger partial charge is 0.294 e. The van der Waals surface area contributed by atoms with Crippen molar-refractivity contribution in [2.24, 2.45) is 0 Å². The molecule has 2 rings (SSSR count). The van der Waals surface area contributed by atoms with Gasteiger partial charge in [0.1, 0.15) is 10.7 Å². The molecule has 0 radical (unpaired) electrons. The van der Waals surface area contributed by atoms with Gasteiger partial charge in [-0.2, -0.15) is 0 Å². The lowest BCUT2D eigenvalue weighted by atomic mass is 10.1. The summed E-state index contributed by atoms with van der Waals surface area (Å²) in [7, 11) is -3.60. The molecule has 3 nitrogen and oxygen atoms in total. The van der Waals surface area contributed by atoms with Crippen molar-refractivity contribution in [3.63, 3.8) is 0 Å². The maximum absolute atomic E-state index is 13.2. The predicted molar refractivity (Wildman–Crippen MR) is 47.4 cm³/mol. The molecule has 0 spiro atoms. The van der Waals surface area contributed by atoms with Crippen LogP contribution in [-0.2, 0) is 9.84 Å². The minimum Gasteiger partial charge on any atom is -0.294 e. The van der Waals surface area contributed by atoms with E-state index in [0.29, 0.717) is 0 Å². The number of halogens is 1. The highest BCUT2D eigenvalue weighted by molar-refractivity contribution is 7.91. The van der Waals surface area contributed by atoms with E-state index in [0.717, 1.165) is 6.07 Å². The van der Waals surface area contributed by atoms with E-state index in [1.165, 1.54) is 12.1 Å². The average molecular weight is 214 g/mol. The van der Waals surface area contributed by atoms with E-state index in [9.17, 15) is 17.6 Å². The van der Waals surface area contributed by atoms with Gasteiger partial charge in [0, 0.05) is 12.0 Å². The first-order valence-corrected chi connectivity index (χ1v) is 5.72. The number of hydrogen-bond acceptors (Lipinski definition) is 3. The van der Waals surface area contributed by atoms with Crippen LogP contribution >= 0.6 is 0 Å². The second kappa shape index (κ2) is 2.88. The number of benzene rings is 1. The van der Waals surface area contributed by atoms with Crippen molar-refractivity contribution in [2.75, 3.05) is 5.75 Å². The fraction of sp³-hybridized carbons (Fsp3) is 0.222. The molecule has 1 aliphatic rings. The van der Waals surface area contributed by atoms with Crippen molar-refractivity contribution in [1.29, 1.82) is 0 Å². The van der Waals surface area contributed by atoms with Crippen molar-refractivity contribution < 1.29 is 17.6 Å². The molecule has 0 aliphatic carbocycles. The number of hydrogen-bond donors (Lipinski definition) is 0. The Balaban J connectivity index is 2.83. The summed E-state index contributed by atoms with van der Waals surface area (Å²) < 4.78 is 36.1. The predicted octanol–water partition coefficient (Wildman–Crippen LogP) is 1.19. The van der Waals surface area contributed by atoms with Crippen LogP contribution in [0.3, 0.4) is 0 Å². The molecule has 0 aromatic heterocycles. The third-order valence-corrected chi connectivity index (χ3v) is 3.95. The maximum atomic E-state index is 13.2. The van der Waals surface area contributed by atoms with E-state index in [1.54, 1.807) is 0 Å². The van der Waals surface area contributed by atoms with E-state index in [1.807, 2.05) is 0 Å². The number of ketones is 1. The second-order valence-electron chi connectivity index (χ2n) is 3.11. The molecule has 1 heterocycles. The van der Waals surface area contributed by atoms with Crippen LogP contribution in [0, 0.1) is 5.82 Å². The molecule has 1 aliphatic heterocycles. The van der Waals surface area contributed by atoms with Crippen molar-refractivity contribution >= 4 is 15.6 Å². The Kier molecular flexibility index (Phi) is 1.92. The Morgan fingerprint density at radius 2 is 2.00 bits per heavy atom. The zero-order valence-corrected chi connectivity index (χ0v) is 7.97. The fourth-order valence-corrected chi connectivity index (χ4v) is 3.05. The number of rotatable bonds is 0. The third-order valence-electron chi connectivity index (χ3n) is 2.18. The van der Waals surface area contributed by atoms with E-state index >= 15 is 0 Å². The lowest BCUT2D eigenvalue weighted by Crippen LogP contribution is -2.22. The monoisotopic (exact) mass is 214 g/mol. The van der Waals surface area contributed by atoms with Crippen LogP contribution in [0.15, 0.2) is 23.1 Å². The van der Waals surface area contributed by atoms with Gasteiger partial charge in [-0.15, -0.1) is 0 Å². The minimum absolute atomic E-state index is 0.0174. The quantitative estimate of drug-likeness (QED) is 0.651. The zero-order valence-electron chi connectivity index (χ0n) is 7.16. The summed E-state index contributed by atoms with van der Waals surface area (Å²) in [6.07, 6.45) is -0.0568. The molecule has 14 heavy (non-hydrogen) atoms. The lowest BCUT2D eigenvalue weighted by Gasteiger charge is -2.15. The highest BCUT2D eigenvalue weighted by atomic mass is 32.2. The van der Waals surface area contributed by atoms with Gasteiger partial charge in [0.2, 0.25) is 0 Å². The number of fused-ring (bicyclic) bond motifs is 1. The van der Waals surface area contributed by atoms with Crippen LogP contribution in [0.1, 0.15) is 16.8 Å². The fourth-order valence-electron chi connectivity index (χ4n) is 1.51. The summed E-state index contributed by atoms with van der Waals surface area (Å²) in [6.45, 7) is 0. The van der Waals surface area contributed by atoms with E-state index in [-0.39, 0.29) is 23.5 Å². The van der Waals surface area contributed by atoms with Crippen molar-refractivity contribution in [2.45, 2.75) is 11.3 Å². The molecule has 0 saturated heterocycles. The van der Waals surface area contributed by atoms with E-state index < -0.39 is 20.5 Å². The molecule has 0 amide bonds. The standard InChI is InChI=1S/C9H7FO3S/c10-7-3-1-2-6-8(11)4-5-14(12,13)9(6)7/h1-3H,4-5H2. The van der Waals surface area contributed by atoms with Crippen LogP contribution in [0.4, 0.5) is 4.39 Å². The van der Waals surface area contributed by atoms with Gasteiger partial charge in [0.05, 0.1) is 5.75 Å². The van der Waals surface area contributed by atoms with Crippen molar-refractivity contribution in [3.05, 3.63) is 29.6 Å². The molecule has 0 atom stereocenters. The molecule has 74 valence electrons. The van der Waals surface area contributed by atoms with Crippen molar-refractivity contribution in [1.82, 2.24) is 0 Å². The van der Waals surface area contributed by atoms with Gasteiger partial charge in [0.15, 0.2) is 15.6 Å². The summed E-state index contributed by atoms with van der Waals surface area (Å²) in [5.41, 5.74) is -0.0174. The highest BCUT2D eigenvalue weighted by Gasteiger charge is 2.31. The molecule has 0 unspecified atom stereocenters. The first-order valence-electron chi connectivity index (χ1n) is 4.07. The first-order chi connectivity index (χ1) is 6.52. The minimum atomic E-state index is -3.60. The zero-order chi connectivity index (χ0) is 10.3. The number of Topliss-reactive ketones (excluding diaryl/α,β-unsaturated/α-hetero) is 1. The van der Waals surface area contributed by atoms with Crippen LogP contribution in [0.2, 0.25) is 0 Å². The SMILES string of the molecule is O=C1CCS(=O)(=O)c2c(F)cccc21. The summed E-state index contributed by atoms with van der Waals surface area (Å²) in [4.78, 5) is 10.9. The van der Waals surface area contributed by atoms with E-state index in [4.69, 9.17) is 0 Å². The molecule has 0 N–H and O–H groups in total. The Morgan fingerprint density at radius 1 is 1.29 bits per heavy atom. The number of sulfone groups is 1. The second-order valence-corrected chi connectivity index (χ2v) is 5.15. The lowest BCUT2D eigenvalue weighted by molar-refractivity contribution is 0.0982. The summed E-state index contributed by atoms with van der Waals surface area (Å²) >= 11 is 0. The topological polar surface area (TPSA) is 51.2 Å². The summed E-state index contributed by atoms with van der Waals surface area (Å²) in [5, 5.41) is 0.